The number of aryl methyl sites for hydroxylation is 1. The molecule has 4 rings (SSSR count). The van der Waals surface area contributed by atoms with Crippen molar-refractivity contribution in [2.45, 2.75) is 33.6 Å². The van der Waals surface area contributed by atoms with Gasteiger partial charge in [-0.05, 0) is 51.2 Å². The van der Waals surface area contributed by atoms with Crippen molar-refractivity contribution in [2.24, 2.45) is 0 Å². The molecular weight excluding hydrogens is 398 g/mol. The van der Waals surface area contributed by atoms with E-state index in [1.54, 1.807) is 6.92 Å². The van der Waals surface area contributed by atoms with Gasteiger partial charge >= 0.3 is 0 Å². The Morgan fingerprint density at radius 2 is 1.78 bits per heavy atom. The molecule has 0 saturated carbocycles. The number of carbonyl (C=O) groups is 1. The van der Waals surface area contributed by atoms with E-state index in [9.17, 15) is 4.79 Å². The molecule has 32 heavy (non-hydrogen) atoms. The van der Waals surface area contributed by atoms with Crippen LogP contribution in [0.4, 0.5) is 11.5 Å². The standard InChI is InChI=1S/C26H29N5O/c1-4-31(5-2)15-9-12-24-27-17-22-21-14-13-19(18(3)32)16-23(21)29-26(25(22)30-24)28-20-10-7-6-8-11-20/h6-8,10-11,13-14,16-17H,4-5,9,12,15H2,1-3H3,(H,28,29). The first-order chi connectivity index (χ1) is 15.6. The van der Waals surface area contributed by atoms with E-state index in [2.05, 4.69) is 29.0 Å². The fourth-order valence-electron chi connectivity index (χ4n) is 3.91. The summed E-state index contributed by atoms with van der Waals surface area (Å²) in [5.74, 6) is 1.51. The average Bonchev–Trinajstić information content (AvgIpc) is 2.82. The summed E-state index contributed by atoms with van der Waals surface area (Å²) < 4.78 is 0. The Morgan fingerprint density at radius 1 is 1.00 bits per heavy atom. The molecule has 0 unspecified atom stereocenters. The van der Waals surface area contributed by atoms with Crippen LogP contribution in [0, 0.1) is 0 Å². The van der Waals surface area contributed by atoms with Gasteiger partial charge in [-0.15, -0.1) is 0 Å². The fraction of sp³-hybridized carbons (Fsp3) is 0.308. The molecule has 164 valence electrons. The molecule has 0 aliphatic carbocycles. The van der Waals surface area contributed by atoms with Crippen LogP contribution >= 0.6 is 0 Å². The molecular formula is C26H29N5O. The van der Waals surface area contributed by atoms with Crippen LogP contribution in [0.3, 0.4) is 0 Å². The highest BCUT2D eigenvalue weighted by molar-refractivity contribution is 6.10. The molecule has 6 heteroatoms. The molecule has 0 radical (unpaired) electrons. The maximum Gasteiger partial charge on any atom is 0.159 e. The first-order valence-electron chi connectivity index (χ1n) is 11.2. The zero-order valence-electron chi connectivity index (χ0n) is 18.9. The number of aromatic nitrogens is 3. The number of rotatable bonds is 9. The lowest BCUT2D eigenvalue weighted by molar-refractivity contribution is 0.101. The quantitative estimate of drug-likeness (QED) is 0.285. The molecule has 0 bridgehead atoms. The van der Waals surface area contributed by atoms with Gasteiger partial charge in [0.05, 0.1) is 5.52 Å². The van der Waals surface area contributed by atoms with Gasteiger partial charge in [0.15, 0.2) is 11.6 Å². The molecule has 0 fully saturated rings. The largest absolute Gasteiger partial charge is 0.338 e. The number of nitrogens with zero attached hydrogens (tertiary/aromatic N) is 4. The average molecular weight is 428 g/mol. The SMILES string of the molecule is CCN(CC)CCCc1ncc2c(n1)c(Nc1ccccc1)nc1cc(C(C)=O)ccc12. The lowest BCUT2D eigenvalue weighted by Gasteiger charge is -2.17. The third-order valence-electron chi connectivity index (χ3n) is 5.80. The lowest BCUT2D eigenvalue weighted by Crippen LogP contribution is -2.24. The maximum atomic E-state index is 11.9. The Kier molecular flexibility index (Phi) is 6.71. The summed E-state index contributed by atoms with van der Waals surface area (Å²) in [4.78, 5) is 28.7. The third-order valence-corrected chi connectivity index (χ3v) is 5.80. The van der Waals surface area contributed by atoms with E-state index in [0.717, 1.165) is 65.8 Å². The number of nitrogens with one attached hydrogen (secondary N) is 1. The molecule has 0 spiro atoms. The minimum atomic E-state index is 0.0196. The van der Waals surface area contributed by atoms with Gasteiger partial charge in [-0.1, -0.05) is 44.2 Å². The number of hydrogen-bond donors (Lipinski definition) is 1. The fourth-order valence-corrected chi connectivity index (χ4v) is 3.91. The summed E-state index contributed by atoms with van der Waals surface area (Å²) in [6.45, 7) is 9.08. The van der Waals surface area contributed by atoms with Crippen molar-refractivity contribution in [1.82, 2.24) is 19.9 Å². The Balaban J connectivity index is 1.76. The summed E-state index contributed by atoms with van der Waals surface area (Å²) in [6, 6.07) is 15.6. The summed E-state index contributed by atoms with van der Waals surface area (Å²) >= 11 is 0. The highest BCUT2D eigenvalue weighted by Gasteiger charge is 2.14. The lowest BCUT2D eigenvalue weighted by atomic mass is 10.1. The number of para-hydroxylation sites is 1. The minimum Gasteiger partial charge on any atom is -0.338 e. The van der Waals surface area contributed by atoms with Crippen LogP contribution in [-0.2, 0) is 6.42 Å². The number of ketones is 1. The maximum absolute atomic E-state index is 11.9. The van der Waals surface area contributed by atoms with Crippen molar-refractivity contribution < 1.29 is 4.79 Å². The Bertz CT molecular complexity index is 1240. The number of anilines is 2. The normalized spacial score (nSPS) is 11.4. The molecule has 2 aromatic heterocycles. The first kappa shape index (κ1) is 21.8. The van der Waals surface area contributed by atoms with Gasteiger partial charge in [0.25, 0.3) is 0 Å². The number of Topliss-reactive ketones (excluding diaryl/α,β-unsaturated/α-hetero) is 1. The monoisotopic (exact) mass is 427 g/mol. The number of carbonyl (C=O) groups excluding carboxylic acids is 1. The Morgan fingerprint density at radius 3 is 2.50 bits per heavy atom. The van der Waals surface area contributed by atoms with Crippen LogP contribution in [0.5, 0.6) is 0 Å². The van der Waals surface area contributed by atoms with Crippen molar-refractivity contribution in [3.05, 3.63) is 66.1 Å². The van der Waals surface area contributed by atoms with Crippen molar-refractivity contribution in [3.63, 3.8) is 0 Å². The summed E-state index contributed by atoms with van der Waals surface area (Å²) in [6.07, 6.45) is 3.72. The Labute approximate surface area is 188 Å². The molecule has 2 aromatic carbocycles. The molecule has 2 heterocycles. The van der Waals surface area contributed by atoms with Crippen LogP contribution in [0.25, 0.3) is 21.8 Å². The van der Waals surface area contributed by atoms with Gasteiger partial charge in [-0.25, -0.2) is 15.0 Å². The first-order valence-corrected chi connectivity index (χ1v) is 11.2. The van der Waals surface area contributed by atoms with E-state index in [0.29, 0.717) is 11.4 Å². The summed E-state index contributed by atoms with van der Waals surface area (Å²) in [7, 11) is 0. The van der Waals surface area contributed by atoms with Crippen LogP contribution in [0.15, 0.2) is 54.7 Å². The van der Waals surface area contributed by atoms with E-state index in [1.165, 1.54) is 0 Å². The molecule has 0 atom stereocenters. The van der Waals surface area contributed by atoms with Gasteiger partial charge < -0.3 is 10.2 Å². The summed E-state index contributed by atoms with van der Waals surface area (Å²) in [5.41, 5.74) is 3.13. The van der Waals surface area contributed by atoms with E-state index in [1.807, 2.05) is 54.7 Å². The van der Waals surface area contributed by atoms with Crippen LogP contribution in [0.2, 0.25) is 0 Å². The van der Waals surface area contributed by atoms with E-state index >= 15 is 0 Å². The number of fused-ring (bicyclic) bond motifs is 3. The molecule has 6 nitrogen and oxygen atoms in total. The van der Waals surface area contributed by atoms with Gasteiger partial charge in [-0.3, -0.25) is 4.79 Å². The van der Waals surface area contributed by atoms with Crippen LogP contribution in [0.1, 0.15) is 43.4 Å². The zero-order valence-corrected chi connectivity index (χ0v) is 18.9. The second-order valence-corrected chi connectivity index (χ2v) is 7.92. The number of pyridine rings is 1. The number of hydrogen-bond acceptors (Lipinski definition) is 6. The minimum absolute atomic E-state index is 0.0196. The number of benzene rings is 2. The third kappa shape index (κ3) is 4.75. The van der Waals surface area contributed by atoms with Crippen molar-refractivity contribution >= 4 is 39.1 Å². The highest BCUT2D eigenvalue weighted by atomic mass is 16.1. The highest BCUT2D eigenvalue weighted by Crippen LogP contribution is 2.30. The second-order valence-electron chi connectivity index (χ2n) is 7.92. The van der Waals surface area contributed by atoms with Crippen LogP contribution in [-0.4, -0.2) is 45.3 Å². The molecule has 4 aromatic rings. The van der Waals surface area contributed by atoms with Crippen LogP contribution < -0.4 is 5.32 Å². The molecule has 0 aliphatic heterocycles. The van der Waals surface area contributed by atoms with Gasteiger partial charge in [0, 0.05) is 34.6 Å². The predicted octanol–water partition coefficient (Wildman–Crippen LogP) is 5.40. The smallest absolute Gasteiger partial charge is 0.159 e. The van der Waals surface area contributed by atoms with Crippen molar-refractivity contribution in [3.8, 4) is 0 Å². The second kappa shape index (κ2) is 9.83. The van der Waals surface area contributed by atoms with Gasteiger partial charge in [0.1, 0.15) is 11.3 Å². The van der Waals surface area contributed by atoms with Crippen molar-refractivity contribution in [2.75, 3.05) is 25.0 Å². The predicted molar refractivity (Wildman–Crippen MR) is 131 cm³/mol. The zero-order chi connectivity index (χ0) is 22.5. The van der Waals surface area contributed by atoms with Gasteiger partial charge in [0.2, 0.25) is 0 Å². The topological polar surface area (TPSA) is 71.0 Å². The van der Waals surface area contributed by atoms with Crippen molar-refractivity contribution in [1.29, 1.82) is 0 Å². The Hall–Kier alpha value is -3.38. The summed E-state index contributed by atoms with van der Waals surface area (Å²) in [5, 5.41) is 5.28. The molecule has 0 aliphatic rings. The van der Waals surface area contributed by atoms with E-state index in [4.69, 9.17) is 9.97 Å². The molecule has 1 N–H and O–H groups in total. The van der Waals surface area contributed by atoms with Gasteiger partial charge in [-0.2, -0.15) is 0 Å². The molecule has 0 amide bonds. The van der Waals surface area contributed by atoms with E-state index in [-0.39, 0.29) is 5.78 Å². The van der Waals surface area contributed by atoms with E-state index < -0.39 is 0 Å². The molecule has 0 saturated heterocycles.